The van der Waals surface area contributed by atoms with Gasteiger partial charge in [0.2, 0.25) is 11.8 Å². The van der Waals surface area contributed by atoms with Crippen LogP contribution < -0.4 is 10.6 Å². The minimum atomic E-state index is -4.60. The molecule has 2 N–H and O–H groups in total. The van der Waals surface area contributed by atoms with Crippen LogP contribution in [0.25, 0.3) is 0 Å². The number of nitrogens with one attached hydrogen (secondary N) is 2. The summed E-state index contributed by atoms with van der Waals surface area (Å²) in [5.74, 6) is -1.15. The number of nitrogens with zero attached hydrogens (tertiary/aromatic N) is 1. The third-order valence-corrected chi connectivity index (χ3v) is 4.75. The molecule has 0 saturated carbocycles. The quantitative estimate of drug-likeness (QED) is 0.610. The van der Waals surface area contributed by atoms with E-state index in [0.717, 1.165) is 6.07 Å². The fourth-order valence-electron chi connectivity index (χ4n) is 2.94. The molecule has 2 aromatic rings. The number of ketones is 1. The Labute approximate surface area is 178 Å². The van der Waals surface area contributed by atoms with Gasteiger partial charge in [-0.1, -0.05) is 19.1 Å². The summed E-state index contributed by atoms with van der Waals surface area (Å²) in [5, 5.41) is 4.98. The van der Waals surface area contributed by atoms with Gasteiger partial charge >= 0.3 is 6.18 Å². The summed E-state index contributed by atoms with van der Waals surface area (Å²) >= 11 is 0. The van der Waals surface area contributed by atoms with Crippen molar-refractivity contribution in [3.05, 3.63) is 59.7 Å². The van der Waals surface area contributed by atoms with Crippen LogP contribution in [0.15, 0.2) is 48.5 Å². The van der Waals surface area contributed by atoms with Gasteiger partial charge in [0.1, 0.15) is 0 Å². The molecule has 0 spiro atoms. The lowest BCUT2D eigenvalue weighted by Gasteiger charge is -2.26. The van der Waals surface area contributed by atoms with E-state index in [9.17, 15) is 27.6 Å². The number of likely N-dealkylation sites (N-methyl/N-ethyl adjacent to an activating group) is 1. The zero-order chi connectivity index (χ0) is 23.2. The van der Waals surface area contributed by atoms with Gasteiger partial charge in [-0.15, -0.1) is 0 Å². The zero-order valence-corrected chi connectivity index (χ0v) is 17.4. The lowest BCUT2D eigenvalue weighted by atomic mass is 10.1. The molecule has 0 aliphatic rings. The van der Waals surface area contributed by atoms with Crippen molar-refractivity contribution in [2.75, 3.05) is 23.7 Å². The van der Waals surface area contributed by atoms with Crippen molar-refractivity contribution in [2.24, 2.45) is 0 Å². The molecule has 0 aliphatic carbocycles. The number of para-hydroxylation sites is 1. The van der Waals surface area contributed by atoms with Gasteiger partial charge in [0.25, 0.3) is 0 Å². The van der Waals surface area contributed by atoms with Crippen LogP contribution in [-0.2, 0) is 15.8 Å². The predicted molar refractivity (Wildman–Crippen MR) is 112 cm³/mol. The number of rotatable bonds is 8. The summed E-state index contributed by atoms with van der Waals surface area (Å²) in [6, 6.07) is 10.4. The SMILES string of the molecule is CCN(CC(=O)Nc1ccccc1C(F)(F)F)C(C)C(=O)Nc1ccc(C(C)=O)cc1. The molecule has 1 atom stereocenters. The summed E-state index contributed by atoms with van der Waals surface area (Å²) in [5.41, 5.74) is -0.275. The van der Waals surface area contributed by atoms with Crippen LogP contribution in [-0.4, -0.2) is 41.6 Å². The van der Waals surface area contributed by atoms with Crippen LogP contribution in [0.1, 0.15) is 36.7 Å². The van der Waals surface area contributed by atoms with Gasteiger partial charge in [-0.2, -0.15) is 13.2 Å². The molecule has 0 aliphatic heterocycles. The molecule has 0 aromatic heterocycles. The molecule has 166 valence electrons. The molecule has 2 rings (SSSR count). The first kappa shape index (κ1) is 24.1. The number of halogens is 3. The van der Waals surface area contributed by atoms with Crippen molar-refractivity contribution in [3.8, 4) is 0 Å². The Balaban J connectivity index is 2.02. The zero-order valence-electron chi connectivity index (χ0n) is 17.4. The molecule has 0 bridgehead atoms. The number of hydrogen-bond donors (Lipinski definition) is 2. The molecule has 9 heteroatoms. The summed E-state index contributed by atoms with van der Waals surface area (Å²) in [4.78, 5) is 37.8. The average molecular weight is 435 g/mol. The lowest BCUT2D eigenvalue weighted by Crippen LogP contribution is -2.45. The Morgan fingerprint density at radius 1 is 1.00 bits per heavy atom. The minimum Gasteiger partial charge on any atom is -0.325 e. The molecule has 0 radical (unpaired) electrons. The van der Waals surface area contributed by atoms with Gasteiger partial charge < -0.3 is 10.6 Å². The van der Waals surface area contributed by atoms with Gasteiger partial charge in [-0.25, -0.2) is 0 Å². The summed E-state index contributed by atoms with van der Waals surface area (Å²) in [6.07, 6.45) is -4.60. The van der Waals surface area contributed by atoms with Crippen LogP contribution in [0.5, 0.6) is 0 Å². The summed E-state index contributed by atoms with van der Waals surface area (Å²) in [7, 11) is 0. The normalized spacial score (nSPS) is 12.4. The van der Waals surface area contributed by atoms with Crippen LogP contribution in [0.3, 0.4) is 0 Å². The molecule has 0 saturated heterocycles. The Bertz CT molecular complexity index is 943. The van der Waals surface area contributed by atoms with Crippen molar-refractivity contribution in [1.29, 1.82) is 0 Å². The van der Waals surface area contributed by atoms with E-state index < -0.39 is 23.7 Å². The minimum absolute atomic E-state index is 0.0958. The third kappa shape index (κ3) is 6.65. The van der Waals surface area contributed by atoms with E-state index >= 15 is 0 Å². The smallest absolute Gasteiger partial charge is 0.325 e. The Hall–Kier alpha value is -3.20. The number of carbonyl (C=O) groups excluding carboxylic acids is 3. The highest BCUT2D eigenvalue weighted by Gasteiger charge is 2.33. The number of anilines is 2. The molecule has 6 nitrogen and oxygen atoms in total. The van der Waals surface area contributed by atoms with E-state index in [-0.39, 0.29) is 23.9 Å². The van der Waals surface area contributed by atoms with Crippen molar-refractivity contribution in [2.45, 2.75) is 33.0 Å². The second-order valence-corrected chi connectivity index (χ2v) is 6.95. The molecule has 2 amide bonds. The van der Waals surface area contributed by atoms with Gasteiger partial charge in [0.05, 0.1) is 23.8 Å². The summed E-state index contributed by atoms with van der Waals surface area (Å²) < 4.78 is 39.3. The van der Waals surface area contributed by atoms with Gasteiger partial charge in [0, 0.05) is 11.3 Å². The van der Waals surface area contributed by atoms with Crippen molar-refractivity contribution < 1.29 is 27.6 Å². The van der Waals surface area contributed by atoms with Gasteiger partial charge in [-0.05, 0) is 56.8 Å². The highest BCUT2D eigenvalue weighted by Crippen LogP contribution is 2.34. The standard InChI is InChI=1S/C22H24F3N3O3/c1-4-28(13-20(30)27-19-8-6-5-7-18(19)22(23,24)25)14(2)21(31)26-17-11-9-16(10-12-17)15(3)29/h5-12,14H,4,13H2,1-3H3,(H,26,31)(H,27,30). The van der Waals surface area contributed by atoms with E-state index in [1.165, 1.54) is 30.0 Å². The van der Waals surface area contributed by atoms with Gasteiger partial charge in [-0.3, -0.25) is 19.3 Å². The van der Waals surface area contributed by atoms with Crippen LogP contribution in [0.2, 0.25) is 0 Å². The number of benzene rings is 2. The third-order valence-electron chi connectivity index (χ3n) is 4.75. The Morgan fingerprint density at radius 2 is 1.61 bits per heavy atom. The monoisotopic (exact) mass is 435 g/mol. The molecule has 2 aromatic carbocycles. The number of carbonyl (C=O) groups is 3. The number of hydrogen-bond acceptors (Lipinski definition) is 4. The van der Waals surface area contributed by atoms with Crippen LogP contribution >= 0.6 is 0 Å². The molecular formula is C22H24F3N3O3. The van der Waals surface area contributed by atoms with E-state index in [1.807, 2.05) is 0 Å². The highest BCUT2D eigenvalue weighted by atomic mass is 19.4. The number of Topliss-reactive ketones (excluding diaryl/α,β-unsaturated/α-hetero) is 1. The van der Waals surface area contributed by atoms with E-state index in [4.69, 9.17) is 0 Å². The first-order chi connectivity index (χ1) is 14.5. The Kier molecular flexibility index (Phi) is 7.93. The van der Waals surface area contributed by atoms with E-state index in [1.54, 1.807) is 38.1 Å². The fourth-order valence-corrected chi connectivity index (χ4v) is 2.94. The number of alkyl halides is 3. The topological polar surface area (TPSA) is 78.5 Å². The molecule has 0 fully saturated rings. The van der Waals surface area contributed by atoms with E-state index in [2.05, 4.69) is 10.6 Å². The van der Waals surface area contributed by atoms with Crippen LogP contribution in [0.4, 0.5) is 24.5 Å². The second kappa shape index (κ2) is 10.2. The first-order valence-electron chi connectivity index (χ1n) is 9.65. The molecule has 0 heterocycles. The van der Waals surface area contributed by atoms with Gasteiger partial charge in [0.15, 0.2) is 5.78 Å². The van der Waals surface area contributed by atoms with Crippen molar-refractivity contribution in [1.82, 2.24) is 4.90 Å². The lowest BCUT2D eigenvalue weighted by molar-refractivity contribution is -0.137. The number of amides is 2. The largest absolute Gasteiger partial charge is 0.418 e. The second-order valence-electron chi connectivity index (χ2n) is 6.95. The average Bonchev–Trinajstić information content (AvgIpc) is 2.71. The van der Waals surface area contributed by atoms with Crippen molar-refractivity contribution in [3.63, 3.8) is 0 Å². The summed E-state index contributed by atoms with van der Waals surface area (Å²) in [6.45, 7) is 4.84. The Morgan fingerprint density at radius 3 is 2.16 bits per heavy atom. The highest BCUT2D eigenvalue weighted by molar-refractivity contribution is 5.98. The van der Waals surface area contributed by atoms with Crippen LogP contribution in [0, 0.1) is 0 Å². The molecule has 1 unspecified atom stereocenters. The predicted octanol–water partition coefficient (Wildman–Crippen LogP) is 4.20. The van der Waals surface area contributed by atoms with E-state index in [0.29, 0.717) is 17.8 Å². The maximum Gasteiger partial charge on any atom is 0.418 e. The maximum absolute atomic E-state index is 13.1. The fraction of sp³-hybridized carbons (Fsp3) is 0.318. The molecule has 31 heavy (non-hydrogen) atoms. The molecular weight excluding hydrogens is 411 g/mol. The van der Waals surface area contributed by atoms with Crippen molar-refractivity contribution >= 4 is 29.0 Å². The first-order valence-corrected chi connectivity index (χ1v) is 9.65. The maximum atomic E-state index is 13.1.